The van der Waals surface area contributed by atoms with E-state index < -0.39 is 0 Å². The van der Waals surface area contributed by atoms with E-state index in [-0.39, 0.29) is 0 Å². The third-order valence-electron chi connectivity index (χ3n) is 1.97. The number of rotatable bonds is 3. The predicted molar refractivity (Wildman–Crippen MR) is 64.8 cm³/mol. The number of thiazole rings is 1. The number of nitrogen functional groups attached to an aromatic ring is 1. The smallest absolute Gasteiger partial charge is 0.184 e. The minimum Gasteiger partial charge on any atom is -0.384 e. The molecule has 0 saturated carbocycles. The number of nitrogens with two attached hydrogens (primary N) is 1. The van der Waals surface area contributed by atoms with Crippen molar-refractivity contribution in [2.45, 2.75) is 6.54 Å². The zero-order valence-corrected chi connectivity index (χ0v) is 10.5. The first kappa shape index (κ1) is 10.4. The lowest BCUT2D eigenvalue weighted by molar-refractivity contribution is 0.778. The van der Waals surface area contributed by atoms with Crippen molar-refractivity contribution in [3.05, 3.63) is 21.7 Å². The molecule has 2 heterocycles. The molecule has 0 spiro atoms. The molecule has 0 fully saturated rings. The van der Waals surface area contributed by atoms with Gasteiger partial charge in [0.2, 0.25) is 0 Å². The van der Waals surface area contributed by atoms with Crippen LogP contribution in [-0.4, -0.2) is 14.8 Å². The lowest BCUT2D eigenvalue weighted by Gasteiger charge is -2.01. The largest absolute Gasteiger partial charge is 0.384 e. The summed E-state index contributed by atoms with van der Waals surface area (Å²) >= 11 is 4.84. The fourth-order valence-electron chi connectivity index (χ4n) is 1.13. The van der Waals surface area contributed by atoms with Crippen molar-refractivity contribution in [3.63, 3.8) is 0 Å². The van der Waals surface area contributed by atoms with E-state index in [1.54, 1.807) is 22.2 Å². The van der Waals surface area contributed by atoms with Gasteiger partial charge in [0.05, 0.1) is 6.20 Å². The van der Waals surface area contributed by atoms with Gasteiger partial charge in [-0.05, 0) is 15.9 Å². The van der Waals surface area contributed by atoms with Gasteiger partial charge in [-0.15, -0.1) is 11.3 Å². The number of aryl methyl sites for hydroxylation is 1. The van der Waals surface area contributed by atoms with E-state index in [1.165, 1.54) is 0 Å². The number of aromatic nitrogens is 3. The first-order chi connectivity index (χ1) is 7.16. The highest BCUT2D eigenvalue weighted by Gasteiger charge is 2.05. The minimum absolute atomic E-state index is 0.639. The molecule has 2 rings (SSSR count). The number of nitrogens with one attached hydrogen (secondary N) is 1. The van der Waals surface area contributed by atoms with E-state index in [9.17, 15) is 0 Å². The normalized spacial score (nSPS) is 10.5. The average molecular weight is 288 g/mol. The van der Waals surface area contributed by atoms with Crippen LogP contribution in [0.1, 0.15) is 5.56 Å². The number of hydrogen-bond acceptors (Lipinski definition) is 5. The highest BCUT2D eigenvalue weighted by Crippen LogP contribution is 2.20. The van der Waals surface area contributed by atoms with Gasteiger partial charge in [-0.25, -0.2) is 4.98 Å². The SMILES string of the molecule is Cn1ncc(CNc2nc(Br)cs2)c1N. The van der Waals surface area contributed by atoms with Crippen molar-refractivity contribution < 1.29 is 0 Å². The van der Waals surface area contributed by atoms with Crippen molar-refractivity contribution in [1.29, 1.82) is 0 Å². The Hall–Kier alpha value is -1.08. The summed E-state index contributed by atoms with van der Waals surface area (Å²) in [6, 6.07) is 0. The highest BCUT2D eigenvalue weighted by molar-refractivity contribution is 9.10. The Morgan fingerprint density at radius 1 is 1.67 bits per heavy atom. The van der Waals surface area contributed by atoms with Gasteiger partial charge >= 0.3 is 0 Å². The number of nitrogens with zero attached hydrogens (tertiary/aromatic N) is 3. The lowest BCUT2D eigenvalue weighted by Crippen LogP contribution is -2.03. The summed E-state index contributed by atoms with van der Waals surface area (Å²) in [4.78, 5) is 4.22. The Morgan fingerprint density at radius 2 is 2.47 bits per heavy atom. The van der Waals surface area contributed by atoms with Crippen LogP contribution in [0.2, 0.25) is 0 Å². The Kier molecular flexibility index (Phi) is 2.92. The van der Waals surface area contributed by atoms with Crippen LogP contribution >= 0.6 is 27.3 Å². The first-order valence-electron chi connectivity index (χ1n) is 4.28. The molecule has 0 atom stereocenters. The molecule has 2 aromatic heterocycles. The Morgan fingerprint density at radius 3 is 3.00 bits per heavy atom. The summed E-state index contributed by atoms with van der Waals surface area (Å²) in [5.41, 5.74) is 6.78. The Bertz CT molecular complexity index is 463. The molecule has 0 aliphatic carbocycles. The molecular weight excluding hydrogens is 278 g/mol. The maximum atomic E-state index is 5.81. The van der Waals surface area contributed by atoms with Crippen LogP contribution in [0, 0.1) is 0 Å². The summed E-state index contributed by atoms with van der Waals surface area (Å²) in [5, 5.41) is 10.0. The molecule has 0 aliphatic heterocycles. The van der Waals surface area contributed by atoms with Crippen LogP contribution in [0.5, 0.6) is 0 Å². The topological polar surface area (TPSA) is 68.8 Å². The zero-order valence-electron chi connectivity index (χ0n) is 8.07. The van der Waals surface area contributed by atoms with Crippen LogP contribution < -0.4 is 11.1 Å². The molecule has 3 N–H and O–H groups in total. The summed E-state index contributed by atoms with van der Waals surface area (Å²) in [6.45, 7) is 0.639. The third kappa shape index (κ3) is 2.29. The molecule has 0 bridgehead atoms. The maximum absolute atomic E-state index is 5.81. The molecule has 0 unspecified atom stereocenters. The molecular formula is C8H10BrN5S. The van der Waals surface area contributed by atoms with Crippen LogP contribution in [0.15, 0.2) is 16.2 Å². The molecule has 2 aromatic rings. The monoisotopic (exact) mass is 287 g/mol. The van der Waals surface area contributed by atoms with E-state index in [2.05, 4.69) is 31.3 Å². The summed E-state index contributed by atoms with van der Waals surface area (Å²) < 4.78 is 2.49. The van der Waals surface area contributed by atoms with Crippen LogP contribution in [0.3, 0.4) is 0 Å². The number of anilines is 2. The van der Waals surface area contributed by atoms with Gasteiger partial charge in [0.15, 0.2) is 5.13 Å². The molecule has 0 aliphatic rings. The minimum atomic E-state index is 0.639. The zero-order chi connectivity index (χ0) is 10.8. The molecule has 0 amide bonds. The standard InChI is InChI=1S/C8H10BrN5S/c1-14-7(10)5(3-12-14)2-11-8-13-6(9)4-15-8/h3-4H,2,10H2,1H3,(H,11,13). The van der Waals surface area contributed by atoms with Crippen molar-refractivity contribution in [2.75, 3.05) is 11.1 Å². The third-order valence-corrected chi connectivity index (χ3v) is 3.48. The highest BCUT2D eigenvalue weighted by atomic mass is 79.9. The molecule has 80 valence electrons. The fraction of sp³-hybridized carbons (Fsp3) is 0.250. The van der Waals surface area contributed by atoms with Gasteiger partial charge in [-0.2, -0.15) is 5.10 Å². The van der Waals surface area contributed by atoms with E-state index >= 15 is 0 Å². The van der Waals surface area contributed by atoms with Gasteiger partial charge in [0.1, 0.15) is 10.4 Å². The van der Waals surface area contributed by atoms with Crippen molar-refractivity contribution in [1.82, 2.24) is 14.8 Å². The number of hydrogen-bond donors (Lipinski definition) is 2. The van der Waals surface area contributed by atoms with E-state index in [4.69, 9.17) is 5.73 Å². The molecule has 5 nitrogen and oxygen atoms in total. The molecule has 7 heteroatoms. The maximum Gasteiger partial charge on any atom is 0.184 e. The quantitative estimate of drug-likeness (QED) is 0.904. The first-order valence-corrected chi connectivity index (χ1v) is 5.95. The predicted octanol–water partition coefficient (Wildman–Crippen LogP) is 1.83. The van der Waals surface area contributed by atoms with Gasteiger partial charge in [-0.3, -0.25) is 4.68 Å². The van der Waals surface area contributed by atoms with Crippen molar-refractivity contribution in [3.8, 4) is 0 Å². The second-order valence-electron chi connectivity index (χ2n) is 3.01. The summed E-state index contributed by atoms with van der Waals surface area (Å²) in [6.07, 6.45) is 1.75. The summed E-state index contributed by atoms with van der Waals surface area (Å²) in [5.74, 6) is 0.679. The van der Waals surface area contributed by atoms with Gasteiger partial charge in [0.25, 0.3) is 0 Å². The van der Waals surface area contributed by atoms with E-state index in [1.807, 2.05) is 12.4 Å². The van der Waals surface area contributed by atoms with Crippen LogP contribution in [0.4, 0.5) is 10.9 Å². The second-order valence-corrected chi connectivity index (χ2v) is 4.68. The lowest BCUT2D eigenvalue weighted by atomic mass is 10.3. The Labute approximate surface area is 99.4 Å². The van der Waals surface area contributed by atoms with Gasteiger partial charge in [-0.1, -0.05) is 0 Å². The van der Waals surface area contributed by atoms with Gasteiger partial charge < -0.3 is 11.1 Å². The molecule has 0 saturated heterocycles. The van der Waals surface area contributed by atoms with Crippen molar-refractivity contribution in [2.24, 2.45) is 7.05 Å². The number of halogens is 1. The Balaban J connectivity index is 2.02. The van der Waals surface area contributed by atoms with E-state index in [0.717, 1.165) is 15.3 Å². The fourth-order valence-corrected chi connectivity index (χ4v) is 2.28. The van der Waals surface area contributed by atoms with Gasteiger partial charge in [0, 0.05) is 24.5 Å². The van der Waals surface area contributed by atoms with Crippen LogP contribution in [0.25, 0.3) is 0 Å². The molecule has 15 heavy (non-hydrogen) atoms. The average Bonchev–Trinajstić information content (AvgIpc) is 2.74. The molecule has 0 radical (unpaired) electrons. The van der Waals surface area contributed by atoms with Crippen LogP contribution in [-0.2, 0) is 13.6 Å². The second kappa shape index (κ2) is 4.19. The van der Waals surface area contributed by atoms with Crippen molar-refractivity contribution >= 4 is 38.2 Å². The molecule has 0 aromatic carbocycles. The summed E-state index contributed by atoms with van der Waals surface area (Å²) in [7, 11) is 1.82. The van der Waals surface area contributed by atoms with E-state index in [0.29, 0.717) is 12.4 Å².